The largest absolute Gasteiger partial charge is 0.417 e. The molecule has 0 saturated carbocycles. The lowest BCUT2D eigenvalue weighted by atomic mass is 9.88. The number of halogens is 4. The predicted molar refractivity (Wildman–Crippen MR) is 128 cm³/mol. The van der Waals surface area contributed by atoms with Crippen LogP contribution in [0.2, 0.25) is 5.02 Å². The summed E-state index contributed by atoms with van der Waals surface area (Å²) in [6.45, 7) is -0.700. The second-order valence-electron chi connectivity index (χ2n) is 8.20. The maximum atomic E-state index is 13.5. The van der Waals surface area contributed by atoms with Crippen molar-refractivity contribution in [3.63, 3.8) is 0 Å². The van der Waals surface area contributed by atoms with Crippen LogP contribution in [0.5, 0.6) is 0 Å². The van der Waals surface area contributed by atoms with Crippen LogP contribution in [0, 0.1) is 0 Å². The summed E-state index contributed by atoms with van der Waals surface area (Å²) >= 11 is 5.73. The van der Waals surface area contributed by atoms with Crippen LogP contribution in [-0.4, -0.2) is 20.9 Å². The molecule has 4 rings (SSSR count). The van der Waals surface area contributed by atoms with Gasteiger partial charge < -0.3 is 5.32 Å². The van der Waals surface area contributed by atoms with Crippen LogP contribution < -0.4 is 9.62 Å². The second kappa shape index (κ2) is 9.91. The fraction of sp³-hybridized carbons (Fsp3) is 0.240. The first-order valence-electron chi connectivity index (χ1n) is 10.9. The number of hydrogen-bond donors (Lipinski definition) is 1. The summed E-state index contributed by atoms with van der Waals surface area (Å²) in [4.78, 5) is 12.9. The Balaban J connectivity index is 1.69. The highest BCUT2D eigenvalue weighted by atomic mass is 35.5. The van der Waals surface area contributed by atoms with E-state index in [0.29, 0.717) is 16.8 Å². The lowest BCUT2D eigenvalue weighted by molar-refractivity contribution is -0.137. The molecule has 1 N–H and O–H groups in total. The van der Waals surface area contributed by atoms with Crippen LogP contribution in [0.1, 0.15) is 35.6 Å². The predicted octanol–water partition coefficient (Wildman–Crippen LogP) is 5.75. The van der Waals surface area contributed by atoms with E-state index < -0.39 is 39.2 Å². The van der Waals surface area contributed by atoms with E-state index in [2.05, 4.69) is 5.32 Å². The number of sulfonamides is 1. The molecule has 0 spiro atoms. The van der Waals surface area contributed by atoms with E-state index >= 15 is 0 Å². The molecule has 3 aromatic carbocycles. The summed E-state index contributed by atoms with van der Waals surface area (Å²) in [6, 6.07) is 17.4. The minimum Gasteiger partial charge on any atom is -0.348 e. The van der Waals surface area contributed by atoms with Crippen LogP contribution in [-0.2, 0) is 27.4 Å². The van der Waals surface area contributed by atoms with Gasteiger partial charge in [0, 0.05) is 0 Å². The quantitative estimate of drug-likeness (QED) is 0.448. The number of nitrogens with zero attached hydrogens (tertiary/aromatic N) is 1. The molecular weight excluding hydrogens is 501 g/mol. The minimum absolute atomic E-state index is 0.153. The van der Waals surface area contributed by atoms with Crippen molar-refractivity contribution < 1.29 is 26.4 Å². The number of nitrogens with one attached hydrogen (secondary N) is 1. The standard InChI is InChI=1S/C25H22ClF3N2O3S/c26-22-14-13-18(15-21(22)25(27,28)29)31(35(33,34)19-9-2-1-3-10-19)16-24(32)30-23-12-6-8-17-7-4-5-11-20(17)23/h1-5,7,9-11,13-15,23H,6,8,12,16H2,(H,30,32)/t23-/m1/s1. The Labute approximate surface area is 206 Å². The Morgan fingerprint density at radius 3 is 2.43 bits per heavy atom. The van der Waals surface area contributed by atoms with Crippen LogP contribution in [0.15, 0.2) is 77.7 Å². The van der Waals surface area contributed by atoms with Gasteiger partial charge >= 0.3 is 6.18 Å². The molecule has 0 fully saturated rings. The fourth-order valence-electron chi connectivity index (χ4n) is 4.19. The third-order valence-corrected chi connectivity index (χ3v) is 7.98. The van der Waals surface area contributed by atoms with E-state index in [9.17, 15) is 26.4 Å². The molecular formula is C25H22ClF3N2O3S. The highest BCUT2D eigenvalue weighted by Gasteiger charge is 2.36. The SMILES string of the molecule is O=C(CN(c1ccc(Cl)c(C(F)(F)F)c1)S(=O)(=O)c1ccccc1)N[C@@H]1CCCc2ccccc21. The average molecular weight is 523 g/mol. The average Bonchev–Trinajstić information content (AvgIpc) is 2.83. The summed E-state index contributed by atoms with van der Waals surface area (Å²) in [6.07, 6.45) is -2.40. The van der Waals surface area contributed by atoms with Crippen molar-refractivity contribution in [1.29, 1.82) is 0 Å². The van der Waals surface area contributed by atoms with Crippen molar-refractivity contribution in [2.24, 2.45) is 0 Å². The lowest BCUT2D eigenvalue weighted by Gasteiger charge is -2.29. The van der Waals surface area contributed by atoms with Gasteiger partial charge in [-0.2, -0.15) is 13.2 Å². The molecule has 3 aromatic rings. The first-order valence-corrected chi connectivity index (χ1v) is 12.7. The Morgan fingerprint density at radius 1 is 1.03 bits per heavy atom. The molecule has 1 aliphatic carbocycles. The number of anilines is 1. The Bertz CT molecular complexity index is 1330. The number of carbonyl (C=O) groups excluding carboxylic acids is 1. The number of fused-ring (bicyclic) bond motifs is 1. The topological polar surface area (TPSA) is 66.5 Å². The molecule has 184 valence electrons. The summed E-state index contributed by atoms with van der Waals surface area (Å²) in [5.41, 5.74) is 0.553. The molecule has 0 radical (unpaired) electrons. The van der Waals surface area contributed by atoms with Gasteiger partial charge in [0.1, 0.15) is 6.54 Å². The maximum absolute atomic E-state index is 13.5. The maximum Gasteiger partial charge on any atom is 0.417 e. The van der Waals surface area contributed by atoms with Gasteiger partial charge in [-0.3, -0.25) is 9.10 Å². The third-order valence-electron chi connectivity index (χ3n) is 5.87. The molecule has 0 aliphatic heterocycles. The van der Waals surface area contributed by atoms with E-state index in [-0.39, 0.29) is 16.6 Å². The Hall–Kier alpha value is -3.04. The second-order valence-corrected chi connectivity index (χ2v) is 10.5. The molecule has 1 amide bonds. The van der Waals surface area contributed by atoms with Gasteiger partial charge in [0.25, 0.3) is 10.0 Å². The van der Waals surface area contributed by atoms with E-state index in [0.717, 1.165) is 36.1 Å². The molecule has 5 nitrogen and oxygen atoms in total. The van der Waals surface area contributed by atoms with Crippen molar-refractivity contribution >= 4 is 33.2 Å². The summed E-state index contributed by atoms with van der Waals surface area (Å²) in [5, 5.41) is 2.29. The fourth-order valence-corrected chi connectivity index (χ4v) is 5.85. The van der Waals surface area contributed by atoms with Gasteiger partial charge in [0.05, 0.1) is 27.2 Å². The normalized spacial score (nSPS) is 15.8. The minimum atomic E-state index is -4.80. The van der Waals surface area contributed by atoms with Crippen molar-refractivity contribution in [3.8, 4) is 0 Å². The Morgan fingerprint density at radius 2 is 1.71 bits per heavy atom. The van der Waals surface area contributed by atoms with Gasteiger partial charge in [-0.1, -0.05) is 54.1 Å². The van der Waals surface area contributed by atoms with Gasteiger partial charge in [0.15, 0.2) is 0 Å². The summed E-state index contributed by atoms with van der Waals surface area (Å²) in [5.74, 6) is -0.630. The van der Waals surface area contributed by atoms with Crippen LogP contribution in [0.4, 0.5) is 18.9 Å². The monoisotopic (exact) mass is 522 g/mol. The van der Waals surface area contributed by atoms with Crippen LogP contribution >= 0.6 is 11.6 Å². The summed E-state index contributed by atoms with van der Waals surface area (Å²) in [7, 11) is -4.36. The molecule has 0 unspecified atom stereocenters. The number of benzene rings is 3. The number of rotatable bonds is 6. The molecule has 1 atom stereocenters. The summed E-state index contributed by atoms with van der Waals surface area (Å²) < 4.78 is 68.0. The number of hydrogen-bond acceptors (Lipinski definition) is 3. The molecule has 0 saturated heterocycles. The molecule has 35 heavy (non-hydrogen) atoms. The van der Waals surface area contributed by atoms with Gasteiger partial charge in [-0.05, 0) is 60.7 Å². The van der Waals surface area contributed by atoms with E-state index in [4.69, 9.17) is 11.6 Å². The highest BCUT2D eigenvalue weighted by molar-refractivity contribution is 7.92. The van der Waals surface area contributed by atoms with Crippen molar-refractivity contribution in [1.82, 2.24) is 5.32 Å². The Kier molecular flexibility index (Phi) is 7.10. The lowest BCUT2D eigenvalue weighted by Crippen LogP contribution is -2.42. The first-order chi connectivity index (χ1) is 16.6. The van der Waals surface area contributed by atoms with E-state index in [1.165, 1.54) is 24.3 Å². The van der Waals surface area contributed by atoms with Crippen LogP contribution in [0.25, 0.3) is 0 Å². The number of alkyl halides is 3. The molecule has 0 bridgehead atoms. The van der Waals surface area contributed by atoms with E-state index in [1.54, 1.807) is 6.07 Å². The van der Waals surface area contributed by atoms with Crippen molar-refractivity contribution in [2.75, 3.05) is 10.8 Å². The number of aryl methyl sites for hydroxylation is 1. The highest BCUT2D eigenvalue weighted by Crippen LogP contribution is 2.38. The van der Waals surface area contributed by atoms with Crippen molar-refractivity contribution in [3.05, 3.63) is 94.5 Å². The zero-order valence-electron chi connectivity index (χ0n) is 18.4. The number of carbonyl (C=O) groups is 1. The van der Waals surface area contributed by atoms with E-state index in [1.807, 2.05) is 24.3 Å². The molecule has 0 heterocycles. The van der Waals surface area contributed by atoms with Crippen LogP contribution in [0.3, 0.4) is 0 Å². The third kappa shape index (κ3) is 5.46. The number of amides is 1. The molecule has 1 aliphatic rings. The van der Waals surface area contributed by atoms with Gasteiger partial charge in [-0.15, -0.1) is 0 Å². The zero-order valence-corrected chi connectivity index (χ0v) is 20.0. The molecule has 0 aromatic heterocycles. The molecule has 10 heteroatoms. The zero-order chi connectivity index (χ0) is 25.2. The van der Waals surface area contributed by atoms with Gasteiger partial charge in [-0.25, -0.2) is 8.42 Å². The van der Waals surface area contributed by atoms with Gasteiger partial charge in [0.2, 0.25) is 5.91 Å². The smallest absolute Gasteiger partial charge is 0.348 e. The first kappa shape index (κ1) is 25.1. The van der Waals surface area contributed by atoms with Crippen molar-refractivity contribution in [2.45, 2.75) is 36.4 Å².